The maximum absolute atomic E-state index is 16.9. The number of benzene rings is 1. The molecule has 1 aromatic heterocycles. The number of hydrogen-bond donors (Lipinski definition) is 4. The topological polar surface area (TPSA) is 176 Å². The van der Waals surface area contributed by atoms with Crippen molar-refractivity contribution in [2.75, 3.05) is 6.54 Å². The predicted octanol–water partition coefficient (Wildman–Crippen LogP) is 5.48. The number of rotatable bonds is 5. The maximum Gasteiger partial charge on any atom is 0.408 e. The summed E-state index contributed by atoms with van der Waals surface area (Å²) in [7, 11) is -4.06. The van der Waals surface area contributed by atoms with E-state index in [1.807, 2.05) is 31.2 Å². The number of sulfonamides is 1. The second-order valence-corrected chi connectivity index (χ2v) is 20.1. The van der Waals surface area contributed by atoms with Crippen molar-refractivity contribution in [3.63, 3.8) is 0 Å². The van der Waals surface area contributed by atoms with Crippen molar-refractivity contribution >= 4 is 38.8 Å². The normalized spacial score (nSPS) is 31.4. The molecular weight excluding hydrogens is 754 g/mol. The lowest BCUT2D eigenvalue weighted by Gasteiger charge is -2.42. The zero-order chi connectivity index (χ0) is 41.1. The largest absolute Gasteiger partial charge is 0.483 e. The van der Waals surface area contributed by atoms with Crippen LogP contribution in [0.3, 0.4) is 0 Å². The smallest absolute Gasteiger partial charge is 0.408 e. The Morgan fingerprint density at radius 2 is 1.91 bits per heavy atom. The van der Waals surface area contributed by atoms with Gasteiger partial charge in [-0.2, -0.15) is 0 Å². The number of aromatic nitrogens is 1. The van der Waals surface area contributed by atoms with Gasteiger partial charge >= 0.3 is 6.09 Å². The molecule has 5 aliphatic rings. The minimum absolute atomic E-state index is 0.0837. The van der Waals surface area contributed by atoms with Crippen molar-refractivity contribution in [2.45, 2.75) is 152 Å². The second-order valence-electron chi connectivity index (χ2n) is 17.9. The third-order valence-corrected chi connectivity index (χ3v) is 14.5. The van der Waals surface area contributed by atoms with Gasteiger partial charge in [-0.05, 0) is 90.8 Å². The van der Waals surface area contributed by atoms with Gasteiger partial charge in [0.05, 0.1) is 28.0 Å². The third-order valence-electron chi connectivity index (χ3n) is 12.3. The van der Waals surface area contributed by atoms with Crippen LogP contribution in [0.1, 0.15) is 115 Å². The second kappa shape index (κ2) is 14.9. The van der Waals surface area contributed by atoms with Gasteiger partial charge in [0.25, 0.3) is 5.91 Å². The van der Waals surface area contributed by atoms with E-state index in [9.17, 15) is 27.9 Å². The van der Waals surface area contributed by atoms with E-state index in [0.29, 0.717) is 54.3 Å². The molecule has 7 atom stereocenters. The van der Waals surface area contributed by atoms with Crippen molar-refractivity contribution in [1.29, 1.82) is 0 Å². The third kappa shape index (κ3) is 7.91. The molecule has 2 aliphatic carbocycles. The molecule has 3 amide bonds. The Balaban J connectivity index is 1.27. The Hall–Kier alpha value is -4.08. The number of halogens is 1. The number of alkyl carbamates (subject to hydrolysis) is 1. The Bertz CT molecular complexity index is 2120. The minimum Gasteiger partial charge on any atom is -0.483 e. The quantitative estimate of drug-likeness (QED) is 0.283. The van der Waals surface area contributed by atoms with E-state index in [4.69, 9.17) is 14.5 Å². The number of nitrogens with one attached hydrogen (secondary N) is 3. The van der Waals surface area contributed by atoms with Crippen molar-refractivity contribution in [3.8, 4) is 5.75 Å². The molecule has 1 saturated heterocycles. The van der Waals surface area contributed by atoms with E-state index >= 15 is 4.39 Å². The van der Waals surface area contributed by atoms with Gasteiger partial charge in [0.1, 0.15) is 34.9 Å². The molecule has 1 aromatic carbocycles. The maximum atomic E-state index is 16.9. The van der Waals surface area contributed by atoms with E-state index in [1.165, 1.54) is 11.0 Å². The molecule has 1 spiro atoms. The van der Waals surface area contributed by atoms with E-state index in [0.717, 1.165) is 24.8 Å². The summed E-state index contributed by atoms with van der Waals surface area (Å²) in [5.74, 6) is -1.94. The molecule has 0 bridgehead atoms. The minimum atomic E-state index is -4.06. The molecule has 3 aliphatic heterocycles. The molecule has 57 heavy (non-hydrogen) atoms. The Labute approximate surface area is 334 Å². The lowest BCUT2D eigenvalue weighted by atomic mass is 9.73. The lowest BCUT2D eigenvalue weighted by molar-refractivity contribution is -0.137. The van der Waals surface area contributed by atoms with Gasteiger partial charge in [0, 0.05) is 36.3 Å². The van der Waals surface area contributed by atoms with Gasteiger partial charge in [0.2, 0.25) is 15.9 Å². The van der Waals surface area contributed by atoms with Crippen molar-refractivity contribution in [1.82, 2.24) is 25.2 Å². The average molecular weight is 810 g/mol. The van der Waals surface area contributed by atoms with E-state index in [2.05, 4.69) is 15.4 Å². The number of carbonyl (C=O) groups is 3. The first-order valence-electron chi connectivity index (χ1n) is 20.2. The fourth-order valence-electron chi connectivity index (χ4n) is 8.63. The van der Waals surface area contributed by atoms with Crippen LogP contribution >= 0.6 is 0 Å². The standard InChI is InChI=1S/C42H56FN5O8S/c1-7-26-15-16-30-28(21-26)33-29(43)22-41(55-34(33)25(2)44-30)23-32-35(49)46-42(37(51)47-57(53,54)40(6)19-20-40)18-17-27(42)13-11-9-8-10-12-14-31(36(50)48(32)24-41)45-38(52)56-39(3,4)5/h11,13,15-18,21,27,29,31-32,36,50H,7-10,12,14,19-20,22-24H2,1-6H3,(H,45,52)(H,46,49)(H,47,51). The van der Waals surface area contributed by atoms with Gasteiger partial charge < -0.3 is 25.2 Å². The van der Waals surface area contributed by atoms with Gasteiger partial charge in [0.15, 0.2) is 0 Å². The molecule has 2 fully saturated rings. The summed E-state index contributed by atoms with van der Waals surface area (Å²) in [6, 6.07) is 3.69. The number of aryl methyl sites for hydroxylation is 2. The summed E-state index contributed by atoms with van der Waals surface area (Å²) < 4.78 is 57.0. The molecule has 310 valence electrons. The van der Waals surface area contributed by atoms with Crippen LogP contribution in [-0.2, 0) is 30.8 Å². The molecule has 4 heterocycles. The van der Waals surface area contributed by atoms with Crippen LogP contribution in [0.25, 0.3) is 10.9 Å². The number of allylic oxidation sites excluding steroid dienone is 1. The molecule has 15 heteroatoms. The number of aliphatic hydroxyl groups excluding tert-OH is 1. The van der Waals surface area contributed by atoms with E-state index in [-0.39, 0.29) is 25.1 Å². The molecular formula is C42H56FN5O8S. The number of fused-ring (bicyclic) bond motifs is 5. The Morgan fingerprint density at radius 1 is 1.16 bits per heavy atom. The number of aliphatic hydroxyl groups is 1. The summed E-state index contributed by atoms with van der Waals surface area (Å²) in [5, 5.41) is 18.7. The zero-order valence-corrected chi connectivity index (χ0v) is 34.5. The first-order chi connectivity index (χ1) is 26.8. The number of carbonyl (C=O) groups excluding carboxylic acids is 3. The average Bonchev–Trinajstić information content (AvgIpc) is 3.79. The summed E-state index contributed by atoms with van der Waals surface area (Å²) in [6.07, 6.45) is 7.74. The highest BCUT2D eigenvalue weighted by molar-refractivity contribution is 7.91. The fourth-order valence-corrected chi connectivity index (χ4v) is 9.93. The molecule has 2 aromatic rings. The molecule has 7 rings (SSSR count). The number of ether oxygens (including phenoxy) is 2. The number of alkyl halides is 1. The summed E-state index contributed by atoms with van der Waals surface area (Å²) in [6.45, 7) is 10.4. The van der Waals surface area contributed by atoms with E-state index in [1.54, 1.807) is 46.8 Å². The van der Waals surface area contributed by atoms with Crippen LogP contribution in [0.5, 0.6) is 5.75 Å². The first kappa shape index (κ1) is 41.1. The summed E-state index contributed by atoms with van der Waals surface area (Å²) in [5.41, 5.74) is -1.35. The van der Waals surface area contributed by atoms with Crippen LogP contribution in [0, 0.1) is 12.8 Å². The van der Waals surface area contributed by atoms with Crippen LogP contribution in [0.4, 0.5) is 9.18 Å². The molecule has 7 unspecified atom stereocenters. The zero-order valence-electron chi connectivity index (χ0n) is 33.7. The molecule has 13 nitrogen and oxygen atoms in total. The van der Waals surface area contributed by atoms with Gasteiger partial charge in [-0.25, -0.2) is 22.6 Å². The summed E-state index contributed by atoms with van der Waals surface area (Å²) in [4.78, 5) is 48.4. The number of hydrogen-bond acceptors (Lipinski definition) is 10. The highest BCUT2D eigenvalue weighted by atomic mass is 32.2. The van der Waals surface area contributed by atoms with Crippen molar-refractivity contribution in [2.24, 2.45) is 5.92 Å². The number of pyridine rings is 1. The van der Waals surface area contributed by atoms with Crippen molar-refractivity contribution in [3.05, 3.63) is 59.3 Å². The molecule has 0 radical (unpaired) electrons. The van der Waals surface area contributed by atoms with Gasteiger partial charge in [-0.1, -0.05) is 50.1 Å². The van der Waals surface area contributed by atoms with Crippen LogP contribution in [0.2, 0.25) is 0 Å². The first-order valence-corrected chi connectivity index (χ1v) is 21.7. The van der Waals surface area contributed by atoms with Crippen LogP contribution in [0.15, 0.2) is 42.5 Å². The van der Waals surface area contributed by atoms with Crippen LogP contribution < -0.4 is 20.1 Å². The summed E-state index contributed by atoms with van der Waals surface area (Å²) >= 11 is 0. The highest BCUT2D eigenvalue weighted by Gasteiger charge is 2.59. The van der Waals surface area contributed by atoms with Gasteiger partial charge in [-0.3, -0.25) is 19.2 Å². The Kier molecular flexibility index (Phi) is 10.8. The fraction of sp³-hybridized carbons (Fsp3) is 0.619. The van der Waals surface area contributed by atoms with Gasteiger partial charge in [-0.15, -0.1) is 0 Å². The van der Waals surface area contributed by atoms with E-state index < -0.39 is 79.8 Å². The number of amides is 3. The predicted molar refractivity (Wildman–Crippen MR) is 212 cm³/mol. The SMILES string of the molecule is CCc1ccc2nc(C)c3c(c2c1)C(F)CC1(CC2C(=O)NC4(C(=O)NS(=O)(=O)C5(C)CC5)C=CC4C=CCCCCCC(NC(=O)OC(C)(C)C)C(O)N2C1)O3. The number of nitrogens with zero attached hydrogens (tertiary/aromatic N) is 2. The molecule has 1 saturated carbocycles. The molecule has 4 N–H and O–H groups in total. The Morgan fingerprint density at radius 3 is 2.58 bits per heavy atom. The monoisotopic (exact) mass is 809 g/mol. The highest BCUT2D eigenvalue weighted by Crippen LogP contribution is 2.51. The van der Waals surface area contributed by atoms with Crippen LogP contribution in [-0.4, -0.2) is 87.7 Å². The van der Waals surface area contributed by atoms with Crippen molar-refractivity contribution < 1.29 is 41.8 Å². The lowest BCUT2D eigenvalue weighted by Crippen LogP contribution is -2.68.